The molecule has 1 saturated heterocycles. The molecule has 0 spiro atoms. The number of amides is 1. The molecule has 1 amide bonds. The van der Waals surface area contributed by atoms with Crippen molar-refractivity contribution in [3.8, 4) is 5.75 Å². The van der Waals surface area contributed by atoms with Gasteiger partial charge in [0, 0.05) is 31.6 Å². The number of piperazine rings is 1. The molecule has 1 fully saturated rings. The van der Waals surface area contributed by atoms with Crippen LogP contribution in [0.25, 0.3) is 17.0 Å². The summed E-state index contributed by atoms with van der Waals surface area (Å²) in [5.41, 5.74) is 0.232. The van der Waals surface area contributed by atoms with E-state index in [9.17, 15) is 26.4 Å². The minimum Gasteiger partial charge on any atom is -0.383 e. The van der Waals surface area contributed by atoms with Crippen molar-refractivity contribution in [2.75, 3.05) is 39.5 Å². The average molecular weight is 580 g/mol. The van der Waals surface area contributed by atoms with Crippen molar-refractivity contribution < 1.29 is 30.6 Å². The number of hydrogen-bond donors (Lipinski definition) is 0. The van der Waals surface area contributed by atoms with Gasteiger partial charge in [-0.25, -0.2) is 0 Å². The number of rotatable bonds is 5. The fraction of sp³-hybridized carbons (Fsp3) is 0.320. The highest BCUT2D eigenvalue weighted by Gasteiger charge is 2.34. The maximum absolute atomic E-state index is 13.8. The van der Waals surface area contributed by atoms with Crippen LogP contribution >= 0.6 is 11.8 Å². The van der Waals surface area contributed by atoms with Crippen molar-refractivity contribution in [2.45, 2.75) is 12.7 Å². The maximum Gasteiger partial charge on any atom is 0.416 e. The number of halogens is 3. The second-order valence-electron chi connectivity index (χ2n) is 9.33. The van der Waals surface area contributed by atoms with Crippen LogP contribution in [0.4, 0.5) is 13.2 Å². The second kappa shape index (κ2) is 10.3. The van der Waals surface area contributed by atoms with Gasteiger partial charge in [-0.3, -0.25) is 9.48 Å². The van der Waals surface area contributed by atoms with Crippen LogP contribution in [0.2, 0.25) is 0 Å². The first kappa shape index (κ1) is 27.2. The van der Waals surface area contributed by atoms with Gasteiger partial charge in [-0.2, -0.15) is 31.7 Å². The van der Waals surface area contributed by atoms with Crippen LogP contribution in [0, 0.1) is 0 Å². The van der Waals surface area contributed by atoms with Gasteiger partial charge in [0.05, 0.1) is 35.0 Å². The summed E-state index contributed by atoms with van der Waals surface area (Å²) in [6.07, 6.45) is -0.680. The average Bonchev–Trinajstić information content (AvgIpc) is 3.41. The SMILES string of the molecule is CN1CCN(C2=NC(=O)/C(=C/c3ccc4c(cnn4Cc4ccc(OS(C)(=O)=O)cc4C(F)(F)F)c3)S2)CC1. The predicted molar refractivity (Wildman–Crippen MR) is 143 cm³/mol. The third kappa shape index (κ3) is 6.28. The zero-order valence-electron chi connectivity index (χ0n) is 21.0. The molecule has 1 aromatic heterocycles. The monoisotopic (exact) mass is 579 g/mol. The van der Waals surface area contributed by atoms with Crippen LogP contribution in [0.5, 0.6) is 5.75 Å². The molecule has 39 heavy (non-hydrogen) atoms. The van der Waals surface area contributed by atoms with E-state index in [1.807, 2.05) is 0 Å². The summed E-state index contributed by atoms with van der Waals surface area (Å²) in [4.78, 5) is 21.6. The Morgan fingerprint density at radius 1 is 1.10 bits per heavy atom. The van der Waals surface area contributed by atoms with Crippen LogP contribution < -0.4 is 4.18 Å². The number of nitrogens with zero attached hydrogens (tertiary/aromatic N) is 5. The number of alkyl halides is 3. The lowest BCUT2D eigenvalue weighted by Gasteiger charge is -2.32. The fourth-order valence-corrected chi connectivity index (χ4v) is 5.77. The molecule has 0 radical (unpaired) electrons. The molecule has 206 valence electrons. The zero-order valence-corrected chi connectivity index (χ0v) is 22.6. The Morgan fingerprint density at radius 2 is 1.85 bits per heavy atom. The van der Waals surface area contributed by atoms with E-state index in [-0.39, 0.29) is 18.0 Å². The van der Waals surface area contributed by atoms with Gasteiger partial charge in [-0.1, -0.05) is 12.1 Å². The molecule has 0 unspecified atom stereocenters. The number of likely N-dealkylation sites (N-methyl/N-ethyl adjacent to an activating group) is 1. The van der Waals surface area contributed by atoms with Crippen molar-refractivity contribution in [3.05, 3.63) is 64.2 Å². The lowest BCUT2D eigenvalue weighted by Crippen LogP contribution is -2.46. The van der Waals surface area contributed by atoms with Gasteiger partial charge < -0.3 is 14.0 Å². The third-order valence-corrected chi connectivity index (χ3v) is 7.84. The van der Waals surface area contributed by atoms with Gasteiger partial charge in [0.25, 0.3) is 5.91 Å². The van der Waals surface area contributed by atoms with Crippen LogP contribution in [-0.2, 0) is 27.6 Å². The van der Waals surface area contributed by atoms with E-state index in [2.05, 4.69) is 31.1 Å². The minimum atomic E-state index is -4.73. The van der Waals surface area contributed by atoms with Gasteiger partial charge in [0.15, 0.2) is 5.17 Å². The van der Waals surface area contributed by atoms with Crippen molar-refractivity contribution in [1.82, 2.24) is 19.6 Å². The maximum atomic E-state index is 13.8. The second-order valence-corrected chi connectivity index (χ2v) is 11.9. The van der Waals surface area contributed by atoms with Crippen molar-refractivity contribution >= 4 is 49.9 Å². The summed E-state index contributed by atoms with van der Waals surface area (Å²) in [7, 11) is -1.93. The van der Waals surface area contributed by atoms with Crippen LogP contribution in [-0.4, -0.2) is 78.6 Å². The Morgan fingerprint density at radius 3 is 2.54 bits per heavy atom. The Kier molecular flexibility index (Phi) is 7.20. The summed E-state index contributed by atoms with van der Waals surface area (Å²) < 4.78 is 70.0. The lowest BCUT2D eigenvalue weighted by molar-refractivity contribution is -0.138. The molecule has 0 aliphatic carbocycles. The minimum absolute atomic E-state index is 0.0962. The standard InChI is InChI=1S/C25H24F3N5O4S2/c1-31-7-9-32(10-8-31)24-30-23(34)22(38-24)12-16-3-6-21-18(11-16)14-29-33(21)15-17-4-5-19(37-39(2,35)36)13-20(17)25(26,27)28/h3-6,11-14H,7-10,15H2,1-2H3/b22-12-. The molecule has 5 rings (SSSR count). The number of aliphatic imine (C=N–C) groups is 1. The molecule has 0 bridgehead atoms. The van der Waals surface area contributed by atoms with Crippen LogP contribution in [0.3, 0.4) is 0 Å². The van der Waals surface area contributed by atoms with Crippen molar-refractivity contribution in [1.29, 1.82) is 0 Å². The Bertz CT molecular complexity index is 1610. The number of thioether (sulfide) groups is 1. The van der Waals surface area contributed by atoms with E-state index in [1.54, 1.807) is 30.5 Å². The molecule has 2 aliphatic rings. The summed E-state index contributed by atoms with van der Waals surface area (Å²) in [5, 5.41) is 5.64. The van der Waals surface area contributed by atoms with Crippen molar-refractivity contribution in [3.63, 3.8) is 0 Å². The summed E-state index contributed by atoms with van der Waals surface area (Å²) >= 11 is 1.34. The van der Waals surface area contributed by atoms with E-state index >= 15 is 0 Å². The molecular formula is C25H24F3N5O4S2. The van der Waals surface area contributed by atoms with Gasteiger partial charge in [0.2, 0.25) is 0 Å². The molecule has 0 N–H and O–H groups in total. The third-order valence-electron chi connectivity index (χ3n) is 6.30. The largest absolute Gasteiger partial charge is 0.416 e. The molecule has 2 aliphatic heterocycles. The lowest BCUT2D eigenvalue weighted by atomic mass is 10.1. The first-order valence-electron chi connectivity index (χ1n) is 11.9. The molecular weight excluding hydrogens is 555 g/mol. The first-order chi connectivity index (χ1) is 18.4. The highest BCUT2D eigenvalue weighted by atomic mass is 32.2. The molecule has 0 saturated carbocycles. The Labute approximate surface area is 227 Å². The number of fused-ring (bicyclic) bond motifs is 1. The highest BCUT2D eigenvalue weighted by Crippen LogP contribution is 2.36. The topological polar surface area (TPSA) is 97.1 Å². The number of benzene rings is 2. The Balaban J connectivity index is 1.36. The summed E-state index contributed by atoms with van der Waals surface area (Å²) in [6, 6.07) is 8.33. The summed E-state index contributed by atoms with van der Waals surface area (Å²) in [5.74, 6) is -0.719. The molecule has 3 heterocycles. The van der Waals surface area contributed by atoms with E-state index in [0.29, 0.717) is 27.0 Å². The van der Waals surface area contributed by atoms with E-state index in [1.165, 1.54) is 28.6 Å². The molecule has 3 aromatic rings. The van der Waals surface area contributed by atoms with Crippen LogP contribution in [0.15, 0.2) is 52.5 Å². The fourth-order valence-electron chi connectivity index (χ4n) is 4.35. The molecule has 0 atom stereocenters. The highest BCUT2D eigenvalue weighted by molar-refractivity contribution is 8.18. The molecule has 14 heteroatoms. The van der Waals surface area contributed by atoms with Crippen LogP contribution in [0.1, 0.15) is 16.7 Å². The molecule has 2 aromatic carbocycles. The summed E-state index contributed by atoms with van der Waals surface area (Å²) in [6.45, 7) is 3.20. The molecule has 9 nitrogen and oxygen atoms in total. The smallest absolute Gasteiger partial charge is 0.383 e. The predicted octanol–water partition coefficient (Wildman–Crippen LogP) is 3.66. The van der Waals surface area contributed by atoms with E-state index in [4.69, 9.17) is 0 Å². The quantitative estimate of drug-likeness (QED) is 0.334. The van der Waals surface area contributed by atoms with E-state index < -0.39 is 27.6 Å². The van der Waals surface area contributed by atoms with Gasteiger partial charge in [0.1, 0.15) is 5.75 Å². The zero-order chi connectivity index (χ0) is 27.9. The van der Waals surface area contributed by atoms with Gasteiger partial charge in [-0.15, -0.1) is 0 Å². The van der Waals surface area contributed by atoms with Gasteiger partial charge >= 0.3 is 16.3 Å². The number of aromatic nitrogens is 2. The first-order valence-corrected chi connectivity index (χ1v) is 14.5. The van der Waals surface area contributed by atoms with E-state index in [0.717, 1.165) is 38.0 Å². The number of amidine groups is 1. The number of hydrogen-bond acceptors (Lipinski definition) is 8. The van der Waals surface area contributed by atoms with Crippen molar-refractivity contribution in [2.24, 2.45) is 4.99 Å². The number of carbonyl (C=O) groups excluding carboxylic acids is 1. The normalized spacial score (nSPS) is 18.3. The van der Waals surface area contributed by atoms with Gasteiger partial charge in [-0.05, 0) is 60.3 Å². The number of carbonyl (C=O) groups is 1. The Hall–Kier alpha value is -3.36.